The van der Waals surface area contributed by atoms with Gasteiger partial charge in [-0.2, -0.15) is 0 Å². The van der Waals surface area contributed by atoms with Crippen molar-refractivity contribution in [3.63, 3.8) is 0 Å². The third-order valence-corrected chi connectivity index (χ3v) is 4.87. The van der Waals surface area contributed by atoms with Gasteiger partial charge in [-0.1, -0.05) is 25.0 Å². The lowest BCUT2D eigenvalue weighted by molar-refractivity contribution is -0.145. The second-order valence-electron chi connectivity index (χ2n) is 7.08. The van der Waals surface area contributed by atoms with Crippen LogP contribution >= 0.6 is 12.4 Å². The summed E-state index contributed by atoms with van der Waals surface area (Å²) in [6.45, 7) is 4.56. The molecule has 1 aliphatic rings. The molecule has 0 radical (unpaired) electrons. The van der Waals surface area contributed by atoms with Gasteiger partial charge in [0, 0.05) is 12.1 Å². The zero-order chi connectivity index (χ0) is 19.0. The van der Waals surface area contributed by atoms with Gasteiger partial charge in [0.25, 0.3) is 0 Å². The quantitative estimate of drug-likeness (QED) is 0.657. The molecule has 6 nitrogen and oxygen atoms in total. The van der Waals surface area contributed by atoms with Crippen molar-refractivity contribution in [1.29, 1.82) is 0 Å². The zero-order valence-corrected chi connectivity index (χ0v) is 17.0. The van der Waals surface area contributed by atoms with Gasteiger partial charge < -0.3 is 20.5 Å². The highest BCUT2D eigenvalue weighted by Crippen LogP contribution is 2.31. The van der Waals surface area contributed by atoms with Gasteiger partial charge in [0.1, 0.15) is 5.75 Å². The minimum atomic E-state index is -0.403. The van der Waals surface area contributed by atoms with Crippen molar-refractivity contribution in [2.24, 2.45) is 11.7 Å². The minimum absolute atomic E-state index is 0. The number of halogens is 1. The van der Waals surface area contributed by atoms with E-state index < -0.39 is 5.54 Å². The van der Waals surface area contributed by atoms with Gasteiger partial charge in [-0.15, -0.1) is 12.4 Å². The number of amides is 1. The molecule has 1 saturated carbocycles. The van der Waals surface area contributed by atoms with Gasteiger partial charge in [0.05, 0.1) is 12.5 Å². The average Bonchev–Trinajstić information content (AvgIpc) is 2.61. The Morgan fingerprint density at radius 1 is 1.26 bits per heavy atom. The smallest absolute Gasteiger partial charge is 0.344 e. The molecule has 2 rings (SSSR count). The summed E-state index contributed by atoms with van der Waals surface area (Å²) >= 11 is 0. The topological polar surface area (TPSA) is 90.6 Å². The van der Waals surface area contributed by atoms with Gasteiger partial charge in [0.2, 0.25) is 5.91 Å². The van der Waals surface area contributed by atoms with Gasteiger partial charge in [-0.05, 0) is 50.8 Å². The van der Waals surface area contributed by atoms with Crippen molar-refractivity contribution in [2.75, 3.05) is 19.8 Å². The molecule has 0 aliphatic heterocycles. The maximum atomic E-state index is 12.4. The first-order valence-electron chi connectivity index (χ1n) is 9.36. The van der Waals surface area contributed by atoms with Crippen molar-refractivity contribution in [3.05, 3.63) is 29.8 Å². The molecule has 152 valence electrons. The molecule has 2 atom stereocenters. The van der Waals surface area contributed by atoms with E-state index in [4.69, 9.17) is 15.2 Å². The molecule has 0 bridgehead atoms. The fraction of sp³-hybridized carbons (Fsp3) is 0.600. The summed E-state index contributed by atoms with van der Waals surface area (Å²) in [4.78, 5) is 23.7. The number of hydrogen-bond donors (Lipinski definition) is 2. The normalized spacial score (nSPS) is 21.7. The summed E-state index contributed by atoms with van der Waals surface area (Å²) in [6, 6.07) is 7.49. The van der Waals surface area contributed by atoms with Crippen LogP contribution in [-0.2, 0) is 20.7 Å². The minimum Gasteiger partial charge on any atom is -0.482 e. The molecule has 1 aliphatic carbocycles. The van der Waals surface area contributed by atoms with Gasteiger partial charge in [-0.25, -0.2) is 4.79 Å². The van der Waals surface area contributed by atoms with E-state index >= 15 is 0 Å². The van der Waals surface area contributed by atoms with E-state index in [-0.39, 0.29) is 36.8 Å². The first-order chi connectivity index (χ1) is 12.4. The summed E-state index contributed by atoms with van der Waals surface area (Å²) < 4.78 is 10.2. The summed E-state index contributed by atoms with van der Waals surface area (Å²) in [5.74, 6) is 0.194. The maximum Gasteiger partial charge on any atom is 0.344 e. The number of esters is 1. The first kappa shape index (κ1) is 23.2. The van der Waals surface area contributed by atoms with Crippen LogP contribution in [-0.4, -0.2) is 37.2 Å². The number of carbonyl (C=O) groups excluding carboxylic acids is 2. The van der Waals surface area contributed by atoms with E-state index in [0.717, 1.165) is 37.7 Å². The number of nitrogens with two attached hydrogens (primary N) is 1. The maximum absolute atomic E-state index is 12.4. The lowest BCUT2D eigenvalue weighted by Gasteiger charge is -2.37. The van der Waals surface area contributed by atoms with Gasteiger partial charge >= 0.3 is 5.97 Å². The number of carbonyl (C=O) groups is 2. The van der Waals surface area contributed by atoms with Crippen LogP contribution in [0.4, 0.5) is 0 Å². The molecule has 1 fully saturated rings. The van der Waals surface area contributed by atoms with Crippen molar-refractivity contribution in [1.82, 2.24) is 5.32 Å². The second kappa shape index (κ2) is 11.1. The number of benzene rings is 1. The predicted molar refractivity (Wildman–Crippen MR) is 107 cm³/mol. The van der Waals surface area contributed by atoms with Crippen LogP contribution in [0.25, 0.3) is 0 Å². The summed E-state index contributed by atoms with van der Waals surface area (Å²) in [5.41, 5.74) is 6.97. The van der Waals surface area contributed by atoms with E-state index in [2.05, 4.69) is 5.32 Å². The monoisotopic (exact) mass is 398 g/mol. The van der Waals surface area contributed by atoms with Crippen LogP contribution in [0.15, 0.2) is 24.3 Å². The van der Waals surface area contributed by atoms with Crippen LogP contribution in [0.2, 0.25) is 0 Å². The van der Waals surface area contributed by atoms with E-state index in [0.29, 0.717) is 18.9 Å². The molecule has 0 aromatic heterocycles. The zero-order valence-electron chi connectivity index (χ0n) is 16.2. The Labute approximate surface area is 167 Å². The van der Waals surface area contributed by atoms with Gasteiger partial charge in [-0.3, -0.25) is 4.79 Å². The van der Waals surface area contributed by atoms with Crippen molar-refractivity contribution in [2.45, 2.75) is 51.5 Å². The van der Waals surface area contributed by atoms with Crippen LogP contribution in [0.5, 0.6) is 5.75 Å². The average molecular weight is 399 g/mol. The van der Waals surface area contributed by atoms with E-state index in [1.165, 1.54) is 0 Å². The van der Waals surface area contributed by atoms with Crippen LogP contribution < -0.4 is 15.8 Å². The molecule has 2 unspecified atom stereocenters. The van der Waals surface area contributed by atoms with Crippen molar-refractivity contribution < 1.29 is 19.1 Å². The highest BCUT2D eigenvalue weighted by Gasteiger charge is 2.37. The number of hydrogen-bond acceptors (Lipinski definition) is 5. The molecule has 0 heterocycles. The Morgan fingerprint density at radius 2 is 1.96 bits per heavy atom. The molecule has 1 aromatic carbocycles. The third-order valence-electron chi connectivity index (χ3n) is 4.87. The lowest BCUT2D eigenvalue weighted by Crippen LogP contribution is -2.53. The van der Waals surface area contributed by atoms with Crippen LogP contribution in [0.1, 0.15) is 45.1 Å². The molecule has 0 spiro atoms. The molecule has 7 heteroatoms. The highest BCUT2D eigenvalue weighted by atomic mass is 35.5. The van der Waals surface area contributed by atoms with Crippen molar-refractivity contribution in [3.8, 4) is 5.75 Å². The highest BCUT2D eigenvalue weighted by molar-refractivity contribution is 5.85. The molecular formula is C20H31ClN2O4. The first-order valence-corrected chi connectivity index (χ1v) is 9.36. The lowest BCUT2D eigenvalue weighted by atomic mass is 9.74. The number of nitrogens with one attached hydrogen (secondary N) is 1. The Morgan fingerprint density at radius 3 is 2.59 bits per heavy atom. The predicted octanol–water partition coefficient (Wildman–Crippen LogP) is 2.62. The third kappa shape index (κ3) is 7.39. The number of rotatable bonds is 8. The summed E-state index contributed by atoms with van der Waals surface area (Å²) in [7, 11) is 0. The Kier molecular flexibility index (Phi) is 9.60. The molecule has 0 saturated heterocycles. The van der Waals surface area contributed by atoms with Crippen molar-refractivity contribution >= 4 is 24.3 Å². The fourth-order valence-electron chi connectivity index (χ4n) is 3.34. The molecule has 27 heavy (non-hydrogen) atoms. The molecule has 1 amide bonds. The van der Waals surface area contributed by atoms with Crippen LogP contribution in [0, 0.1) is 5.92 Å². The van der Waals surface area contributed by atoms with E-state index in [9.17, 15) is 9.59 Å². The van der Waals surface area contributed by atoms with Gasteiger partial charge in [0.15, 0.2) is 6.61 Å². The van der Waals surface area contributed by atoms with E-state index in [1.54, 1.807) is 6.92 Å². The fourth-order valence-corrected chi connectivity index (χ4v) is 3.34. The largest absolute Gasteiger partial charge is 0.482 e. The second-order valence-corrected chi connectivity index (χ2v) is 7.08. The van der Waals surface area contributed by atoms with E-state index in [1.807, 2.05) is 31.2 Å². The molecule has 1 aromatic rings. The standard InChI is InChI=1S/C20H30N2O4.ClH/c1-3-25-18(23)14-26-16-9-7-15(8-10-16)11-13-22-19(24)17-6-4-5-12-20(17,2)21;/h7-10,17H,3-6,11-14,21H2,1-2H3,(H,22,24);1H. The van der Waals surface area contributed by atoms with Crippen LogP contribution in [0.3, 0.4) is 0 Å². The Bertz CT molecular complexity index is 605. The Balaban J connectivity index is 0.00000364. The Hall–Kier alpha value is -1.79. The summed E-state index contributed by atoms with van der Waals surface area (Å²) in [5, 5.41) is 3.01. The summed E-state index contributed by atoms with van der Waals surface area (Å²) in [6.07, 6.45) is 4.67. The number of ether oxygens (including phenoxy) is 2. The molecule has 3 N–H and O–H groups in total. The molecular weight excluding hydrogens is 368 g/mol. The SMILES string of the molecule is CCOC(=O)COc1ccc(CCNC(=O)C2CCCCC2(C)N)cc1.Cl.